The molecule has 0 spiro atoms. The lowest BCUT2D eigenvalue weighted by atomic mass is 9.85. The number of ether oxygens (including phenoxy) is 1. The molecule has 0 aliphatic rings. The fourth-order valence-electron chi connectivity index (χ4n) is 2.01. The molecule has 0 saturated heterocycles. The first-order valence-electron chi connectivity index (χ1n) is 6.18. The van der Waals surface area contributed by atoms with Crippen LogP contribution in [0.5, 0.6) is 5.75 Å². The first kappa shape index (κ1) is 14.5. The van der Waals surface area contributed by atoms with Crippen molar-refractivity contribution in [2.45, 2.75) is 46.8 Å². The van der Waals surface area contributed by atoms with Gasteiger partial charge in [0.25, 0.3) is 0 Å². The molecule has 0 aliphatic heterocycles. The SMILES string of the molecule is Cc1ccc(C#N)cc1OC(C(C)N)C(C)(C)C. The monoisotopic (exact) mass is 246 g/mol. The molecule has 3 nitrogen and oxygen atoms in total. The number of benzene rings is 1. The summed E-state index contributed by atoms with van der Waals surface area (Å²) in [6, 6.07) is 7.51. The Kier molecular flexibility index (Phi) is 4.37. The Labute approximate surface area is 110 Å². The fourth-order valence-corrected chi connectivity index (χ4v) is 2.01. The largest absolute Gasteiger partial charge is 0.488 e. The average Bonchev–Trinajstić information content (AvgIpc) is 2.25. The summed E-state index contributed by atoms with van der Waals surface area (Å²) in [6.45, 7) is 10.2. The van der Waals surface area contributed by atoms with Gasteiger partial charge >= 0.3 is 0 Å². The van der Waals surface area contributed by atoms with E-state index in [1.54, 1.807) is 12.1 Å². The minimum atomic E-state index is -0.0925. The number of nitrogens with zero attached hydrogens (tertiary/aromatic N) is 1. The van der Waals surface area contributed by atoms with E-state index in [1.165, 1.54) is 0 Å². The molecule has 0 aliphatic carbocycles. The van der Waals surface area contributed by atoms with Crippen molar-refractivity contribution in [1.82, 2.24) is 0 Å². The molecular weight excluding hydrogens is 224 g/mol. The summed E-state index contributed by atoms with van der Waals surface area (Å²) in [5.74, 6) is 0.742. The van der Waals surface area contributed by atoms with Gasteiger partial charge < -0.3 is 10.5 Å². The van der Waals surface area contributed by atoms with Gasteiger partial charge in [0.05, 0.1) is 11.6 Å². The Morgan fingerprint density at radius 1 is 1.33 bits per heavy atom. The van der Waals surface area contributed by atoms with Crippen LogP contribution in [0.2, 0.25) is 0 Å². The number of hydrogen-bond donors (Lipinski definition) is 1. The van der Waals surface area contributed by atoms with Gasteiger partial charge in [-0.05, 0) is 31.5 Å². The molecule has 98 valence electrons. The van der Waals surface area contributed by atoms with Gasteiger partial charge in [0.1, 0.15) is 11.9 Å². The summed E-state index contributed by atoms with van der Waals surface area (Å²) in [6.07, 6.45) is -0.0925. The zero-order chi connectivity index (χ0) is 13.9. The van der Waals surface area contributed by atoms with Gasteiger partial charge in [0.2, 0.25) is 0 Å². The van der Waals surface area contributed by atoms with Crippen LogP contribution in [0.25, 0.3) is 0 Å². The average molecular weight is 246 g/mol. The van der Waals surface area contributed by atoms with Crippen molar-refractivity contribution in [3.05, 3.63) is 29.3 Å². The van der Waals surface area contributed by atoms with Crippen LogP contribution in [0.3, 0.4) is 0 Å². The molecule has 0 fully saturated rings. The zero-order valence-corrected chi connectivity index (χ0v) is 11.8. The van der Waals surface area contributed by atoms with Gasteiger partial charge in [-0.2, -0.15) is 5.26 Å². The summed E-state index contributed by atoms with van der Waals surface area (Å²) < 4.78 is 6.04. The lowest BCUT2D eigenvalue weighted by molar-refractivity contribution is 0.0678. The maximum absolute atomic E-state index is 8.93. The maximum Gasteiger partial charge on any atom is 0.124 e. The van der Waals surface area contributed by atoms with E-state index < -0.39 is 0 Å². The molecule has 1 aromatic rings. The van der Waals surface area contributed by atoms with Gasteiger partial charge in [-0.1, -0.05) is 26.8 Å². The highest BCUT2D eigenvalue weighted by molar-refractivity contribution is 5.42. The Morgan fingerprint density at radius 2 is 1.94 bits per heavy atom. The van der Waals surface area contributed by atoms with E-state index in [4.69, 9.17) is 15.7 Å². The van der Waals surface area contributed by atoms with Gasteiger partial charge in [0, 0.05) is 11.5 Å². The Bertz CT molecular complexity index is 453. The molecule has 0 aromatic heterocycles. The lowest BCUT2D eigenvalue weighted by Gasteiger charge is -2.34. The predicted octanol–water partition coefficient (Wildman–Crippen LogP) is 3.01. The summed E-state index contributed by atoms with van der Waals surface area (Å²) in [5.41, 5.74) is 7.57. The van der Waals surface area contributed by atoms with Gasteiger partial charge in [-0.3, -0.25) is 0 Å². The number of rotatable bonds is 3. The second kappa shape index (κ2) is 5.41. The highest BCUT2D eigenvalue weighted by Gasteiger charge is 2.30. The van der Waals surface area contributed by atoms with Crippen molar-refractivity contribution in [2.24, 2.45) is 11.1 Å². The number of hydrogen-bond acceptors (Lipinski definition) is 3. The van der Waals surface area contributed by atoms with E-state index in [0.717, 1.165) is 11.3 Å². The molecule has 0 saturated carbocycles. The zero-order valence-electron chi connectivity index (χ0n) is 11.8. The Hall–Kier alpha value is -1.53. The van der Waals surface area contributed by atoms with Crippen molar-refractivity contribution in [3.63, 3.8) is 0 Å². The highest BCUT2D eigenvalue weighted by Crippen LogP contribution is 2.29. The predicted molar refractivity (Wildman–Crippen MR) is 73.4 cm³/mol. The van der Waals surface area contributed by atoms with E-state index in [2.05, 4.69) is 26.8 Å². The summed E-state index contributed by atoms with van der Waals surface area (Å²) >= 11 is 0. The molecule has 2 atom stereocenters. The first-order valence-corrected chi connectivity index (χ1v) is 6.18. The standard InChI is InChI=1S/C15H22N2O/c1-10-6-7-12(9-16)8-13(10)18-14(11(2)17)15(3,4)5/h6-8,11,14H,17H2,1-5H3. The quantitative estimate of drug-likeness (QED) is 0.891. The molecule has 0 amide bonds. The van der Waals surface area contributed by atoms with Crippen molar-refractivity contribution >= 4 is 0 Å². The molecule has 2 N–H and O–H groups in total. The van der Waals surface area contributed by atoms with E-state index in [9.17, 15) is 0 Å². The number of nitrogens with two attached hydrogens (primary N) is 1. The van der Waals surface area contributed by atoms with Crippen molar-refractivity contribution < 1.29 is 4.74 Å². The van der Waals surface area contributed by atoms with E-state index in [-0.39, 0.29) is 17.6 Å². The topological polar surface area (TPSA) is 59.0 Å². The highest BCUT2D eigenvalue weighted by atomic mass is 16.5. The molecular formula is C15H22N2O. The number of nitriles is 1. The van der Waals surface area contributed by atoms with Crippen LogP contribution in [0.1, 0.15) is 38.8 Å². The van der Waals surface area contributed by atoms with E-state index in [0.29, 0.717) is 5.56 Å². The third-order valence-corrected chi connectivity index (χ3v) is 2.90. The molecule has 2 unspecified atom stereocenters. The molecule has 1 rings (SSSR count). The van der Waals surface area contributed by atoms with Crippen molar-refractivity contribution in [1.29, 1.82) is 5.26 Å². The van der Waals surface area contributed by atoms with Crippen molar-refractivity contribution in [3.8, 4) is 11.8 Å². The second-order valence-electron chi connectivity index (χ2n) is 5.86. The maximum atomic E-state index is 8.93. The lowest BCUT2D eigenvalue weighted by Crippen LogP contribution is -2.45. The molecule has 0 bridgehead atoms. The molecule has 3 heteroatoms. The molecule has 1 aromatic carbocycles. The Balaban J connectivity index is 3.05. The van der Waals surface area contributed by atoms with Crippen LogP contribution >= 0.6 is 0 Å². The summed E-state index contributed by atoms with van der Waals surface area (Å²) in [4.78, 5) is 0. The van der Waals surface area contributed by atoms with E-state index in [1.807, 2.05) is 19.9 Å². The normalized spacial score (nSPS) is 14.7. The van der Waals surface area contributed by atoms with Crippen LogP contribution in [0, 0.1) is 23.7 Å². The minimum Gasteiger partial charge on any atom is -0.488 e. The molecule has 0 radical (unpaired) electrons. The second-order valence-corrected chi connectivity index (χ2v) is 5.86. The van der Waals surface area contributed by atoms with Crippen molar-refractivity contribution in [2.75, 3.05) is 0 Å². The third kappa shape index (κ3) is 3.48. The van der Waals surface area contributed by atoms with Gasteiger partial charge in [-0.25, -0.2) is 0 Å². The van der Waals surface area contributed by atoms with Crippen LogP contribution in [-0.4, -0.2) is 12.1 Å². The van der Waals surface area contributed by atoms with Gasteiger partial charge in [-0.15, -0.1) is 0 Å². The first-order chi connectivity index (χ1) is 8.25. The molecule has 18 heavy (non-hydrogen) atoms. The molecule has 0 heterocycles. The third-order valence-electron chi connectivity index (χ3n) is 2.90. The van der Waals surface area contributed by atoms with Crippen LogP contribution < -0.4 is 10.5 Å². The van der Waals surface area contributed by atoms with Crippen LogP contribution in [0.15, 0.2) is 18.2 Å². The Morgan fingerprint density at radius 3 is 2.39 bits per heavy atom. The van der Waals surface area contributed by atoms with Crippen LogP contribution in [-0.2, 0) is 0 Å². The van der Waals surface area contributed by atoms with E-state index >= 15 is 0 Å². The van der Waals surface area contributed by atoms with Crippen LogP contribution in [0.4, 0.5) is 0 Å². The summed E-state index contributed by atoms with van der Waals surface area (Å²) in [5, 5.41) is 8.93. The summed E-state index contributed by atoms with van der Waals surface area (Å²) in [7, 11) is 0. The smallest absolute Gasteiger partial charge is 0.124 e. The number of aryl methyl sites for hydroxylation is 1. The van der Waals surface area contributed by atoms with Gasteiger partial charge in [0.15, 0.2) is 0 Å². The fraction of sp³-hybridized carbons (Fsp3) is 0.533. The minimum absolute atomic E-state index is 0.0523.